The number of rotatable bonds is 0. The maximum absolute atomic E-state index is 11.6. The lowest BCUT2D eigenvalue weighted by molar-refractivity contribution is -0.161. The highest BCUT2D eigenvalue weighted by Gasteiger charge is 2.61. The summed E-state index contributed by atoms with van der Waals surface area (Å²) in [6, 6.07) is 0. The minimum Gasteiger partial charge on any atom is -0.458 e. The first-order valence-corrected chi connectivity index (χ1v) is 6.78. The summed E-state index contributed by atoms with van der Waals surface area (Å²) >= 11 is 0. The van der Waals surface area contributed by atoms with Gasteiger partial charge in [0.15, 0.2) is 0 Å². The molecule has 3 rings (SSSR count). The molecule has 104 valence electrons. The van der Waals surface area contributed by atoms with E-state index >= 15 is 0 Å². The van der Waals surface area contributed by atoms with Crippen molar-refractivity contribution in [1.29, 1.82) is 0 Å². The summed E-state index contributed by atoms with van der Waals surface area (Å²) in [5.41, 5.74) is -0.613. The summed E-state index contributed by atoms with van der Waals surface area (Å²) < 4.78 is 5.36. The van der Waals surface area contributed by atoms with Crippen LogP contribution in [-0.2, 0) is 9.53 Å². The van der Waals surface area contributed by atoms with Crippen molar-refractivity contribution in [1.82, 2.24) is 0 Å². The van der Waals surface area contributed by atoms with Crippen molar-refractivity contribution >= 4 is 5.97 Å². The van der Waals surface area contributed by atoms with Crippen LogP contribution in [0.15, 0.2) is 24.3 Å². The number of hydrogen-bond donors (Lipinski definition) is 2. The van der Waals surface area contributed by atoms with Gasteiger partial charge in [-0.1, -0.05) is 20.1 Å². The van der Waals surface area contributed by atoms with Gasteiger partial charge in [-0.15, -0.1) is 0 Å². The lowest BCUT2D eigenvalue weighted by Crippen LogP contribution is -2.59. The molecule has 0 radical (unpaired) electrons. The minimum atomic E-state index is -1.14. The lowest BCUT2D eigenvalue weighted by atomic mass is 9.52. The van der Waals surface area contributed by atoms with E-state index in [0.717, 1.165) is 0 Å². The Balaban J connectivity index is 2.00. The van der Waals surface area contributed by atoms with E-state index in [2.05, 4.69) is 13.2 Å². The quantitative estimate of drug-likeness (QED) is 0.393. The Morgan fingerprint density at radius 3 is 2.74 bits per heavy atom. The second-order valence-electron chi connectivity index (χ2n) is 6.48. The number of aliphatic hydroxyl groups excluding tert-OH is 1. The van der Waals surface area contributed by atoms with E-state index in [1.54, 1.807) is 0 Å². The van der Waals surface area contributed by atoms with Gasteiger partial charge >= 0.3 is 5.97 Å². The molecule has 0 aromatic heterocycles. The van der Waals surface area contributed by atoms with Gasteiger partial charge in [0.2, 0.25) is 0 Å². The normalized spacial score (nSPS) is 49.6. The average molecular weight is 264 g/mol. The van der Waals surface area contributed by atoms with E-state index in [1.807, 2.05) is 6.92 Å². The molecular weight excluding hydrogens is 244 g/mol. The van der Waals surface area contributed by atoms with Gasteiger partial charge in [-0.3, -0.25) is 0 Å². The third kappa shape index (κ3) is 1.50. The summed E-state index contributed by atoms with van der Waals surface area (Å²) in [5, 5.41) is 21.0. The van der Waals surface area contributed by atoms with Gasteiger partial charge in [-0.2, -0.15) is 0 Å². The molecule has 4 nitrogen and oxygen atoms in total. The Kier molecular flexibility index (Phi) is 2.51. The van der Waals surface area contributed by atoms with E-state index in [9.17, 15) is 15.0 Å². The number of hydrogen-bond acceptors (Lipinski definition) is 4. The number of aliphatic hydroxyl groups is 2. The van der Waals surface area contributed by atoms with Crippen molar-refractivity contribution in [2.24, 2.45) is 11.3 Å². The topological polar surface area (TPSA) is 66.8 Å². The molecule has 0 amide bonds. The third-order valence-electron chi connectivity index (χ3n) is 5.49. The van der Waals surface area contributed by atoms with Gasteiger partial charge in [0.25, 0.3) is 0 Å². The Labute approximate surface area is 112 Å². The van der Waals surface area contributed by atoms with Gasteiger partial charge in [-0.05, 0) is 31.3 Å². The van der Waals surface area contributed by atoms with Gasteiger partial charge < -0.3 is 14.9 Å². The molecule has 3 fully saturated rings. The highest BCUT2D eigenvalue weighted by molar-refractivity contribution is 5.91. The minimum absolute atomic E-state index is 0.160. The standard InChI is InChI=1S/C15H20O4/c1-8-10-6-15(18)9(2)11(16)4-5-14(15,3)7-12(10)19-13(8)17/h10-12,16,18H,1-2,4-7H2,3H3/t10-,11-,12-,14-,15-/m1/s1. The van der Waals surface area contributed by atoms with Crippen molar-refractivity contribution in [3.8, 4) is 0 Å². The molecule has 1 heterocycles. The summed E-state index contributed by atoms with van der Waals surface area (Å²) in [6.07, 6.45) is 1.43. The molecule has 0 bridgehead atoms. The first-order chi connectivity index (χ1) is 8.78. The van der Waals surface area contributed by atoms with E-state index < -0.39 is 17.1 Å². The van der Waals surface area contributed by atoms with Crippen LogP contribution >= 0.6 is 0 Å². The van der Waals surface area contributed by atoms with Gasteiger partial charge in [0, 0.05) is 16.9 Å². The largest absolute Gasteiger partial charge is 0.458 e. The molecule has 2 N–H and O–H groups in total. The van der Waals surface area contributed by atoms with E-state index in [0.29, 0.717) is 36.8 Å². The predicted molar refractivity (Wildman–Crippen MR) is 69.2 cm³/mol. The monoisotopic (exact) mass is 264 g/mol. The molecule has 0 aromatic carbocycles. The molecule has 3 aliphatic rings. The van der Waals surface area contributed by atoms with Crippen LogP contribution in [0.1, 0.15) is 32.6 Å². The molecular formula is C15H20O4. The van der Waals surface area contributed by atoms with Crippen molar-refractivity contribution in [3.63, 3.8) is 0 Å². The third-order valence-corrected chi connectivity index (χ3v) is 5.49. The fraction of sp³-hybridized carbons (Fsp3) is 0.667. The maximum Gasteiger partial charge on any atom is 0.334 e. The summed E-state index contributed by atoms with van der Waals surface area (Å²) in [7, 11) is 0. The van der Waals surface area contributed by atoms with Crippen molar-refractivity contribution in [3.05, 3.63) is 24.3 Å². The first-order valence-electron chi connectivity index (χ1n) is 6.78. The molecule has 1 aliphatic heterocycles. The molecule has 2 aliphatic carbocycles. The van der Waals surface area contributed by atoms with Crippen molar-refractivity contribution in [2.75, 3.05) is 0 Å². The van der Waals surface area contributed by atoms with Crippen LogP contribution in [0.3, 0.4) is 0 Å². The van der Waals surface area contributed by atoms with Crippen molar-refractivity contribution in [2.45, 2.75) is 50.4 Å². The van der Waals surface area contributed by atoms with Crippen LogP contribution in [0.25, 0.3) is 0 Å². The molecule has 4 heteroatoms. The number of carbonyl (C=O) groups excluding carboxylic acids is 1. The molecule has 2 saturated carbocycles. The fourth-order valence-electron chi connectivity index (χ4n) is 4.02. The van der Waals surface area contributed by atoms with E-state index in [1.165, 1.54) is 0 Å². The molecule has 19 heavy (non-hydrogen) atoms. The Hall–Kier alpha value is -1.13. The van der Waals surface area contributed by atoms with Crippen LogP contribution in [-0.4, -0.2) is 34.0 Å². The summed E-state index contributed by atoms with van der Waals surface area (Å²) in [6.45, 7) is 9.67. The van der Waals surface area contributed by atoms with E-state index in [4.69, 9.17) is 4.74 Å². The zero-order valence-electron chi connectivity index (χ0n) is 11.2. The highest BCUT2D eigenvalue weighted by Crippen LogP contribution is 2.58. The zero-order valence-corrected chi connectivity index (χ0v) is 11.2. The van der Waals surface area contributed by atoms with Gasteiger partial charge in [-0.25, -0.2) is 4.79 Å². The molecule has 1 saturated heterocycles. The first kappa shape index (κ1) is 12.9. The smallest absolute Gasteiger partial charge is 0.334 e. The zero-order chi connectivity index (χ0) is 14.0. The van der Waals surface area contributed by atoms with Crippen LogP contribution < -0.4 is 0 Å². The lowest BCUT2D eigenvalue weighted by Gasteiger charge is -2.56. The van der Waals surface area contributed by atoms with Crippen LogP contribution in [0.5, 0.6) is 0 Å². The molecule has 0 spiro atoms. The van der Waals surface area contributed by atoms with E-state index in [-0.39, 0.29) is 18.0 Å². The predicted octanol–water partition coefficient (Wildman–Crippen LogP) is 1.33. The SMILES string of the molecule is C=C1C(=O)O[C@@H]2C[C@@]3(C)CC[C@@H](O)C(=C)[C@]3(O)C[C@H]12. The number of fused-ring (bicyclic) bond motifs is 2. The Morgan fingerprint density at radius 1 is 1.37 bits per heavy atom. The molecule has 0 unspecified atom stereocenters. The van der Waals surface area contributed by atoms with Crippen molar-refractivity contribution < 1.29 is 19.7 Å². The van der Waals surface area contributed by atoms with Crippen LogP contribution in [0, 0.1) is 11.3 Å². The number of ether oxygens (including phenoxy) is 1. The Morgan fingerprint density at radius 2 is 2.05 bits per heavy atom. The molecule has 0 aromatic rings. The van der Waals surface area contributed by atoms with Gasteiger partial charge in [0.1, 0.15) is 6.10 Å². The van der Waals surface area contributed by atoms with Gasteiger partial charge in [0.05, 0.1) is 11.7 Å². The van der Waals surface area contributed by atoms with Crippen LogP contribution in [0.4, 0.5) is 0 Å². The fourth-order valence-corrected chi connectivity index (χ4v) is 4.02. The van der Waals surface area contributed by atoms with Crippen LogP contribution in [0.2, 0.25) is 0 Å². The highest BCUT2D eigenvalue weighted by atomic mass is 16.6. The average Bonchev–Trinajstić information content (AvgIpc) is 2.61. The maximum atomic E-state index is 11.6. The number of carbonyl (C=O) groups is 1. The number of esters is 1. The Bertz CT molecular complexity index is 483. The molecule has 5 atom stereocenters. The summed E-state index contributed by atoms with van der Waals surface area (Å²) in [5.74, 6) is -0.514. The second-order valence-corrected chi connectivity index (χ2v) is 6.48. The summed E-state index contributed by atoms with van der Waals surface area (Å²) in [4.78, 5) is 11.6. The second kappa shape index (κ2) is 3.70.